The van der Waals surface area contributed by atoms with Crippen molar-refractivity contribution in [3.63, 3.8) is 0 Å². The zero-order chi connectivity index (χ0) is 35.5. The number of allylic oxidation sites excluding steroid dienone is 1. The summed E-state index contributed by atoms with van der Waals surface area (Å²) in [6.07, 6.45) is 12.7. The Bertz CT molecular complexity index is 2030. The lowest BCUT2D eigenvalue weighted by molar-refractivity contribution is -0.114. The van der Waals surface area contributed by atoms with Gasteiger partial charge in [0.15, 0.2) is 11.4 Å². The van der Waals surface area contributed by atoms with Crippen LogP contribution in [0.2, 0.25) is 0 Å². The van der Waals surface area contributed by atoms with Gasteiger partial charge < -0.3 is 20.0 Å². The normalized spacial score (nSPS) is 16.7. The van der Waals surface area contributed by atoms with Gasteiger partial charge in [-0.25, -0.2) is 0 Å². The Morgan fingerprint density at radius 2 is 1.76 bits per heavy atom. The molecule has 5 heterocycles. The Balaban J connectivity index is 1.14. The Kier molecular flexibility index (Phi) is 10.2. The van der Waals surface area contributed by atoms with Crippen LogP contribution in [-0.2, 0) is 17.8 Å². The maximum absolute atomic E-state index is 12.6. The molecule has 5 aromatic rings. The topological polar surface area (TPSA) is 94.8 Å². The highest BCUT2D eigenvalue weighted by molar-refractivity contribution is 5.97. The number of piperidine rings is 2. The molecule has 0 aliphatic carbocycles. The summed E-state index contributed by atoms with van der Waals surface area (Å²) in [5.41, 5.74) is 6.51. The minimum atomic E-state index is 0.100. The van der Waals surface area contributed by atoms with Crippen LogP contribution in [0.25, 0.3) is 27.7 Å². The third-order valence-electron chi connectivity index (χ3n) is 10.9. The van der Waals surface area contributed by atoms with E-state index in [0.717, 1.165) is 69.9 Å². The van der Waals surface area contributed by atoms with E-state index in [9.17, 15) is 4.79 Å². The second-order valence-electron chi connectivity index (χ2n) is 15.2. The van der Waals surface area contributed by atoms with Crippen molar-refractivity contribution >= 4 is 34.1 Å². The van der Waals surface area contributed by atoms with Crippen molar-refractivity contribution in [1.29, 1.82) is 0 Å². The lowest BCUT2D eigenvalue weighted by Crippen LogP contribution is -2.46. The van der Waals surface area contributed by atoms with Crippen LogP contribution in [0.4, 0.5) is 11.9 Å². The summed E-state index contributed by atoms with van der Waals surface area (Å²) in [5, 5.41) is 10.5. The van der Waals surface area contributed by atoms with Crippen molar-refractivity contribution in [2.75, 3.05) is 64.1 Å². The zero-order valence-corrected chi connectivity index (χ0v) is 30.8. The number of likely N-dealkylation sites (tertiary alicyclic amines) is 1. The average molecular weight is 686 g/mol. The molecule has 266 valence electrons. The van der Waals surface area contributed by atoms with Gasteiger partial charge in [0.25, 0.3) is 0 Å². The Hall–Kier alpha value is -4.67. The molecule has 0 bridgehead atoms. The summed E-state index contributed by atoms with van der Waals surface area (Å²) in [5.74, 6) is 1.86. The van der Waals surface area contributed by atoms with Crippen molar-refractivity contribution < 1.29 is 4.79 Å². The molecule has 1 N–H and O–H groups in total. The van der Waals surface area contributed by atoms with E-state index in [4.69, 9.17) is 20.1 Å². The number of anilines is 2. The quantitative estimate of drug-likeness (QED) is 0.154. The fourth-order valence-corrected chi connectivity index (χ4v) is 7.61. The molecule has 2 saturated heterocycles. The van der Waals surface area contributed by atoms with Crippen molar-refractivity contribution in [3.8, 4) is 11.3 Å². The summed E-state index contributed by atoms with van der Waals surface area (Å²) in [6, 6.07) is 16.7. The van der Waals surface area contributed by atoms with Gasteiger partial charge in [-0.2, -0.15) is 19.6 Å². The number of nitrogens with zero attached hydrogens (tertiary/aromatic N) is 8. The molecule has 0 saturated carbocycles. The highest BCUT2D eigenvalue weighted by Gasteiger charge is 2.37. The number of pyridine rings is 1. The van der Waals surface area contributed by atoms with Crippen LogP contribution in [0.1, 0.15) is 62.1 Å². The fourth-order valence-electron chi connectivity index (χ4n) is 7.61. The first-order valence-corrected chi connectivity index (χ1v) is 18.4. The number of benzene rings is 2. The number of aromatic nitrogens is 5. The van der Waals surface area contributed by atoms with Crippen molar-refractivity contribution in [1.82, 2.24) is 34.4 Å². The third kappa shape index (κ3) is 7.67. The van der Waals surface area contributed by atoms with Gasteiger partial charge in [-0.05, 0) is 99.9 Å². The molecular formula is C41H51N9O. The molecule has 51 heavy (non-hydrogen) atoms. The van der Waals surface area contributed by atoms with Gasteiger partial charge in [-0.3, -0.25) is 9.78 Å². The van der Waals surface area contributed by atoms with E-state index in [0.29, 0.717) is 30.2 Å². The van der Waals surface area contributed by atoms with Crippen LogP contribution < -0.4 is 10.2 Å². The molecular weight excluding hydrogens is 635 g/mol. The maximum Gasteiger partial charge on any atom is 0.230 e. The number of carbonyl (C=O) groups excluding carboxylic acids is 1. The highest BCUT2D eigenvalue weighted by atomic mass is 16.1. The summed E-state index contributed by atoms with van der Waals surface area (Å²) < 4.78 is 1.86. The fraction of sp³-hybridized carbons (Fsp3) is 0.439. The molecule has 0 radical (unpaired) electrons. The number of likely N-dealkylation sites (N-methyl/N-ethyl adjacent to an activating group) is 1. The monoisotopic (exact) mass is 685 g/mol. The largest absolute Gasteiger partial charge is 0.350 e. The number of rotatable bonds is 11. The number of hydrogen-bond acceptors (Lipinski definition) is 9. The van der Waals surface area contributed by atoms with Gasteiger partial charge in [0.1, 0.15) is 0 Å². The van der Waals surface area contributed by atoms with Crippen LogP contribution in [0.3, 0.4) is 0 Å². The molecule has 3 aromatic heterocycles. The van der Waals surface area contributed by atoms with Gasteiger partial charge in [0.05, 0.1) is 11.9 Å². The number of carbonyl (C=O) groups is 1. The maximum atomic E-state index is 12.6. The van der Waals surface area contributed by atoms with E-state index < -0.39 is 0 Å². The predicted molar refractivity (Wildman–Crippen MR) is 206 cm³/mol. The SMILES string of the molecule is CC(C)c1cnn2c(NCc3ccccc3-c3nccc4cc(CC(=O)/C=C/CN(C)C)ccc34)nc(N3CCC4(CCN(C)CC4)CC3)nc12. The van der Waals surface area contributed by atoms with E-state index in [1.54, 1.807) is 6.08 Å². The van der Waals surface area contributed by atoms with Crippen molar-refractivity contribution in [3.05, 3.63) is 89.8 Å². The van der Waals surface area contributed by atoms with Crippen molar-refractivity contribution in [2.24, 2.45) is 5.41 Å². The van der Waals surface area contributed by atoms with Crippen LogP contribution in [0.15, 0.2) is 73.1 Å². The molecule has 10 heteroatoms. The van der Waals surface area contributed by atoms with E-state index in [1.807, 2.05) is 54.1 Å². The number of fused-ring (bicyclic) bond motifs is 2. The second-order valence-corrected chi connectivity index (χ2v) is 15.2. The van der Waals surface area contributed by atoms with Gasteiger partial charge in [0, 0.05) is 55.3 Å². The first kappa shape index (κ1) is 34.8. The minimum absolute atomic E-state index is 0.100. The van der Waals surface area contributed by atoms with Crippen LogP contribution in [-0.4, -0.2) is 94.0 Å². The molecule has 7 rings (SSSR count). The van der Waals surface area contributed by atoms with Gasteiger partial charge in [0.2, 0.25) is 11.9 Å². The third-order valence-corrected chi connectivity index (χ3v) is 10.9. The summed E-state index contributed by atoms with van der Waals surface area (Å²) in [4.78, 5) is 34.6. The average Bonchev–Trinajstić information content (AvgIpc) is 3.57. The predicted octanol–water partition coefficient (Wildman–Crippen LogP) is 6.62. The lowest BCUT2D eigenvalue weighted by Gasteiger charge is -2.46. The first-order valence-electron chi connectivity index (χ1n) is 18.4. The summed E-state index contributed by atoms with van der Waals surface area (Å²) in [7, 11) is 6.22. The van der Waals surface area contributed by atoms with Crippen LogP contribution in [0, 0.1) is 5.41 Å². The molecule has 2 aliphatic rings. The number of ketones is 1. The number of hydrogen-bond donors (Lipinski definition) is 1. The Morgan fingerprint density at radius 3 is 2.53 bits per heavy atom. The van der Waals surface area contributed by atoms with E-state index in [1.165, 1.54) is 38.8 Å². The molecule has 1 spiro atoms. The smallest absolute Gasteiger partial charge is 0.230 e. The molecule has 0 amide bonds. The highest BCUT2D eigenvalue weighted by Crippen LogP contribution is 2.41. The summed E-state index contributed by atoms with van der Waals surface area (Å²) in [6.45, 7) is 10.00. The van der Waals surface area contributed by atoms with Crippen LogP contribution in [0.5, 0.6) is 0 Å². The van der Waals surface area contributed by atoms with E-state index in [2.05, 4.69) is 72.4 Å². The molecule has 0 atom stereocenters. The lowest BCUT2D eigenvalue weighted by atomic mass is 9.71. The Morgan fingerprint density at radius 1 is 1.00 bits per heavy atom. The molecule has 10 nitrogen and oxygen atoms in total. The standard InChI is InChI=1S/C41H51N9O/c1-29(2)36-28-44-50-38(36)45-40(49-23-17-41(18-24-49)15-21-48(5)22-16-41)46-39(50)43-27-32-9-6-7-11-34(32)37-35-13-12-30(25-31(35)14-19-42-37)26-33(51)10-8-20-47(3)4/h6-14,19,25,28-29H,15-18,20-24,26-27H2,1-5H3,(H,43,45,46)/b10-8+. The molecule has 2 aromatic carbocycles. The minimum Gasteiger partial charge on any atom is -0.350 e. The van der Waals surface area contributed by atoms with Crippen molar-refractivity contribution in [2.45, 2.75) is 58.4 Å². The Labute approximate surface area is 301 Å². The van der Waals surface area contributed by atoms with Gasteiger partial charge in [-0.1, -0.05) is 62.4 Å². The second kappa shape index (κ2) is 14.9. The van der Waals surface area contributed by atoms with Gasteiger partial charge in [-0.15, -0.1) is 0 Å². The van der Waals surface area contributed by atoms with E-state index >= 15 is 0 Å². The van der Waals surface area contributed by atoms with Gasteiger partial charge >= 0.3 is 0 Å². The molecule has 0 unspecified atom stereocenters. The molecule has 2 aliphatic heterocycles. The van der Waals surface area contributed by atoms with E-state index in [-0.39, 0.29) is 5.78 Å². The first-order chi connectivity index (χ1) is 24.7. The summed E-state index contributed by atoms with van der Waals surface area (Å²) >= 11 is 0. The molecule has 2 fully saturated rings. The number of nitrogens with one attached hydrogen (secondary N) is 1. The van der Waals surface area contributed by atoms with Crippen LogP contribution >= 0.6 is 0 Å². The zero-order valence-electron chi connectivity index (χ0n) is 30.8.